The topological polar surface area (TPSA) is 88.0 Å². The fraction of sp³-hybridized carbons (Fsp3) is 0.900. The highest BCUT2D eigenvalue weighted by Crippen LogP contribution is 2.22. The second kappa shape index (κ2) is 5.58. The first-order chi connectivity index (χ1) is 7.41. The van der Waals surface area contributed by atoms with E-state index in [4.69, 9.17) is 9.47 Å². The number of hydrogen-bond donors (Lipinski definition) is 3. The van der Waals surface area contributed by atoms with Crippen LogP contribution in [-0.4, -0.2) is 53.4 Å². The van der Waals surface area contributed by atoms with Crippen molar-refractivity contribution >= 4 is 5.91 Å². The number of ether oxygens (including phenoxy) is 2. The summed E-state index contributed by atoms with van der Waals surface area (Å²) in [5.74, 6) is -0.210. The van der Waals surface area contributed by atoms with Crippen molar-refractivity contribution in [2.45, 2.75) is 51.5 Å². The quantitative estimate of drug-likeness (QED) is 0.579. The van der Waals surface area contributed by atoms with Crippen LogP contribution in [0, 0.1) is 0 Å². The minimum atomic E-state index is -1.08. The van der Waals surface area contributed by atoms with E-state index in [0.29, 0.717) is 0 Å². The van der Waals surface area contributed by atoms with E-state index in [-0.39, 0.29) is 18.6 Å². The molecule has 4 atom stereocenters. The molecule has 94 valence electrons. The van der Waals surface area contributed by atoms with Crippen molar-refractivity contribution in [2.75, 3.05) is 6.54 Å². The van der Waals surface area contributed by atoms with Crippen LogP contribution in [0.4, 0.5) is 0 Å². The van der Waals surface area contributed by atoms with E-state index in [1.807, 2.05) is 13.8 Å². The van der Waals surface area contributed by atoms with Gasteiger partial charge in [0.25, 0.3) is 0 Å². The Morgan fingerprint density at radius 1 is 1.44 bits per heavy atom. The van der Waals surface area contributed by atoms with Crippen LogP contribution < -0.4 is 5.32 Å². The van der Waals surface area contributed by atoms with Crippen LogP contribution in [0.5, 0.6) is 0 Å². The summed E-state index contributed by atoms with van der Waals surface area (Å²) in [5.41, 5.74) is 0. The van der Waals surface area contributed by atoms with Gasteiger partial charge in [0.05, 0.1) is 6.10 Å². The molecule has 0 unspecified atom stereocenters. The van der Waals surface area contributed by atoms with Crippen molar-refractivity contribution in [3.63, 3.8) is 0 Å². The average molecular weight is 233 g/mol. The highest BCUT2D eigenvalue weighted by molar-refractivity contribution is 5.72. The number of nitrogens with one attached hydrogen (secondary N) is 1. The molecule has 1 rings (SSSR count). The van der Waals surface area contributed by atoms with Crippen molar-refractivity contribution in [3.8, 4) is 0 Å². The number of rotatable bonds is 4. The Labute approximate surface area is 94.5 Å². The van der Waals surface area contributed by atoms with Crippen molar-refractivity contribution in [2.24, 2.45) is 0 Å². The standard InChI is InChI=1S/C10H19NO5/c1-5(2)15-10-9(14)8(13)7(16-10)4-11-6(3)12/h5,7-10,13-14H,4H2,1-3H3,(H,11,12)/t7-,8-,9-,10-/m1/s1. The highest BCUT2D eigenvalue weighted by atomic mass is 16.7. The minimum Gasteiger partial charge on any atom is -0.387 e. The molecule has 1 heterocycles. The molecule has 0 aromatic carbocycles. The first kappa shape index (κ1) is 13.4. The van der Waals surface area contributed by atoms with E-state index in [1.165, 1.54) is 6.92 Å². The number of aliphatic hydroxyl groups excluding tert-OH is 2. The van der Waals surface area contributed by atoms with E-state index in [0.717, 1.165) is 0 Å². The van der Waals surface area contributed by atoms with Gasteiger partial charge in [-0.15, -0.1) is 0 Å². The summed E-state index contributed by atoms with van der Waals surface area (Å²) in [6, 6.07) is 0. The summed E-state index contributed by atoms with van der Waals surface area (Å²) in [6.07, 6.45) is -3.71. The smallest absolute Gasteiger partial charge is 0.216 e. The molecular weight excluding hydrogens is 214 g/mol. The van der Waals surface area contributed by atoms with Gasteiger partial charge < -0.3 is 25.0 Å². The normalized spacial score (nSPS) is 34.4. The molecule has 1 aliphatic heterocycles. The van der Waals surface area contributed by atoms with Gasteiger partial charge in [0.2, 0.25) is 5.91 Å². The maximum Gasteiger partial charge on any atom is 0.216 e. The number of aliphatic hydroxyl groups is 2. The van der Waals surface area contributed by atoms with Gasteiger partial charge in [0, 0.05) is 13.5 Å². The summed E-state index contributed by atoms with van der Waals surface area (Å²) < 4.78 is 10.6. The summed E-state index contributed by atoms with van der Waals surface area (Å²) in [5, 5.41) is 21.8. The molecule has 0 aromatic rings. The van der Waals surface area contributed by atoms with E-state index in [2.05, 4.69) is 5.32 Å². The minimum absolute atomic E-state index is 0.105. The molecule has 0 aliphatic carbocycles. The monoisotopic (exact) mass is 233 g/mol. The van der Waals surface area contributed by atoms with Crippen LogP contribution in [0.3, 0.4) is 0 Å². The average Bonchev–Trinajstić information content (AvgIpc) is 2.42. The fourth-order valence-electron chi connectivity index (χ4n) is 1.51. The van der Waals surface area contributed by atoms with Crippen LogP contribution in [0.2, 0.25) is 0 Å². The van der Waals surface area contributed by atoms with E-state index < -0.39 is 24.6 Å². The Hall–Kier alpha value is -0.690. The number of hydrogen-bond acceptors (Lipinski definition) is 5. The van der Waals surface area contributed by atoms with Gasteiger partial charge in [-0.25, -0.2) is 0 Å². The van der Waals surface area contributed by atoms with Gasteiger partial charge in [0.1, 0.15) is 18.3 Å². The Balaban J connectivity index is 2.47. The van der Waals surface area contributed by atoms with Gasteiger partial charge in [-0.1, -0.05) is 0 Å². The zero-order chi connectivity index (χ0) is 12.3. The van der Waals surface area contributed by atoms with Gasteiger partial charge in [-0.3, -0.25) is 4.79 Å². The molecule has 0 aromatic heterocycles. The molecule has 0 bridgehead atoms. The first-order valence-electron chi connectivity index (χ1n) is 5.33. The lowest BCUT2D eigenvalue weighted by molar-refractivity contribution is -0.183. The van der Waals surface area contributed by atoms with Gasteiger partial charge in [-0.05, 0) is 13.8 Å². The maximum absolute atomic E-state index is 10.7. The molecule has 6 nitrogen and oxygen atoms in total. The molecule has 1 aliphatic rings. The van der Waals surface area contributed by atoms with Crippen LogP contribution in [0.1, 0.15) is 20.8 Å². The maximum atomic E-state index is 10.7. The van der Waals surface area contributed by atoms with Crippen molar-refractivity contribution in [1.82, 2.24) is 5.32 Å². The lowest BCUT2D eigenvalue weighted by Gasteiger charge is -2.17. The zero-order valence-electron chi connectivity index (χ0n) is 9.71. The fourth-order valence-corrected chi connectivity index (χ4v) is 1.51. The lowest BCUT2D eigenvalue weighted by atomic mass is 10.1. The molecule has 16 heavy (non-hydrogen) atoms. The van der Waals surface area contributed by atoms with Crippen LogP contribution in [-0.2, 0) is 14.3 Å². The molecule has 0 radical (unpaired) electrons. The van der Waals surface area contributed by atoms with Crippen molar-refractivity contribution in [3.05, 3.63) is 0 Å². The first-order valence-corrected chi connectivity index (χ1v) is 5.33. The van der Waals surface area contributed by atoms with E-state index >= 15 is 0 Å². The summed E-state index contributed by atoms with van der Waals surface area (Å²) in [6.45, 7) is 5.15. The largest absolute Gasteiger partial charge is 0.387 e. The second-order valence-corrected chi connectivity index (χ2v) is 4.15. The van der Waals surface area contributed by atoms with Crippen molar-refractivity contribution in [1.29, 1.82) is 0 Å². The number of carbonyl (C=O) groups is 1. The van der Waals surface area contributed by atoms with Crippen LogP contribution >= 0.6 is 0 Å². The molecule has 0 spiro atoms. The third-order valence-corrected chi connectivity index (χ3v) is 2.28. The van der Waals surface area contributed by atoms with Crippen LogP contribution in [0.15, 0.2) is 0 Å². The SMILES string of the molecule is CC(=O)NC[C@H]1O[C@@H](OC(C)C)[C@H](O)[C@@H]1O. The lowest BCUT2D eigenvalue weighted by Crippen LogP contribution is -2.39. The number of carbonyl (C=O) groups excluding carboxylic acids is 1. The Morgan fingerprint density at radius 3 is 2.56 bits per heavy atom. The Kier molecular flexibility index (Phi) is 4.67. The third kappa shape index (κ3) is 3.41. The van der Waals surface area contributed by atoms with Gasteiger partial charge in [-0.2, -0.15) is 0 Å². The van der Waals surface area contributed by atoms with E-state index in [9.17, 15) is 15.0 Å². The highest BCUT2D eigenvalue weighted by Gasteiger charge is 2.43. The van der Waals surface area contributed by atoms with Crippen LogP contribution in [0.25, 0.3) is 0 Å². The second-order valence-electron chi connectivity index (χ2n) is 4.15. The Morgan fingerprint density at radius 2 is 2.06 bits per heavy atom. The third-order valence-electron chi connectivity index (χ3n) is 2.28. The van der Waals surface area contributed by atoms with Crippen molar-refractivity contribution < 1.29 is 24.5 Å². The molecule has 0 saturated carbocycles. The summed E-state index contributed by atoms with van der Waals surface area (Å²) in [7, 11) is 0. The molecule has 6 heteroatoms. The predicted molar refractivity (Wildman–Crippen MR) is 55.6 cm³/mol. The van der Waals surface area contributed by atoms with Gasteiger partial charge >= 0.3 is 0 Å². The molecular formula is C10H19NO5. The summed E-state index contributed by atoms with van der Waals surface area (Å²) >= 11 is 0. The Bertz CT molecular complexity index is 245. The zero-order valence-corrected chi connectivity index (χ0v) is 9.71. The summed E-state index contributed by atoms with van der Waals surface area (Å²) in [4.78, 5) is 10.7. The number of amides is 1. The molecule has 1 saturated heterocycles. The molecule has 3 N–H and O–H groups in total. The molecule has 1 amide bonds. The molecule has 1 fully saturated rings. The van der Waals surface area contributed by atoms with Gasteiger partial charge in [0.15, 0.2) is 6.29 Å². The van der Waals surface area contributed by atoms with E-state index in [1.54, 1.807) is 0 Å². The predicted octanol–water partition coefficient (Wildman–Crippen LogP) is -1.01.